The summed E-state index contributed by atoms with van der Waals surface area (Å²) in [6, 6.07) is 5.29. The van der Waals surface area contributed by atoms with Gasteiger partial charge in [-0.2, -0.15) is 0 Å². The minimum absolute atomic E-state index is 0.0740. The molecule has 2 fully saturated rings. The van der Waals surface area contributed by atoms with Crippen LogP contribution in [0.3, 0.4) is 0 Å². The van der Waals surface area contributed by atoms with Gasteiger partial charge in [0, 0.05) is 12.2 Å². The fourth-order valence-electron chi connectivity index (χ4n) is 4.15. The van der Waals surface area contributed by atoms with Gasteiger partial charge in [-0.05, 0) is 37.0 Å². The molecule has 27 heavy (non-hydrogen) atoms. The topological polar surface area (TPSA) is 67.9 Å². The number of amides is 2. The first kappa shape index (κ1) is 18.5. The predicted molar refractivity (Wildman–Crippen MR) is 104 cm³/mol. The smallest absolute Gasteiger partial charge is 0.244 e. The zero-order chi connectivity index (χ0) is 19.2. The van der Waals surface area contributed by atoms with E-state index >= 15 is 0 Å². The molecule has 146 valence electrons. The minimum atomic E-state index is -0.395. The average Bonchev–Trinajstić information content (AvgIpc) is 3.15. The summed E-state index contributed by atoms with van der Waals surface area (Å²) >= 11 is 1.71. The molecule has 0 aromatic heterocycles. The standard InChI is InChI=1S/C20H26N2O4S/c1-12(2)18(13-4-5-15-16(10-13)26-9-8-25-15)21-19(24)14-11-27-20(3)7-6-17(23)22(14)20/h4-5,10,12,14,18H,6-9,11H2,1-3H3,(H,21,24)/t14-,18+,20+/m1/s1. The third-order valence-corrected chi connectivity index (χ3v) is 7.14. The van der Waals surface area contributed by atoms with Crippen molar-refractivity contribution < 1.29 is 19.1 Å². The van der Waals surface area contributed by atoms with Gasteiger partial charge in [-0.1, -0.05) is 19.9 Å². The van der Waals surface area contributed by atoms with E-state index in [-0.39, 0.29) is 28.6 Å². The maximum atomic E-state index is 13.1. The Hall–Kier alpha value is -1.89. The number of thioether (sulfide) groups is 1. The van der Waals surface area contributed by atoms with E-state index in [2.05, 4.69) is 26.1 Å². The summed E-state index contributed by atoms with van der Waals surface area (Å²) in [5.74, 6) is 2.33. The molecule has 1 N–H and O–H groups in total. The number of hydrogen-bond acceptors (Lipinski definition) is 5. The summed E-state index contributed by atoms with van der Waals surface area (Å²) in [5.41, 5.74) is 0.990. The highest BCUT2D eigenvalue weighted by Crippen LogP contribution is 2.47. The molecule has 3 atom stereocenters. The molecule has 0 unspecified atom stereocenters. The fraction of sp³-hybridized carbons (Fsp3) is 0.600. The van der Waals surface area contributed by atoms with Crippen LogP contribution in [0.1, 0.15) is 45.2 Å². The van der Waals surface area contributed by atoms with Gasteiger partial charge >= 0.3 is 0 Å². The number of ether oxygens (including phenoxy) is 2. The van der Waals surface area contributed by atoms with Crippen LogP contribution in [0.4, 0.5) is 0 Å². The summed E-state index contributed by atoms with van der Waals surface area (Å²) in [4.78, 5) is 27.0. The lowest BCUT2D eigenvalue weighted by Gasteiger charge is -2.32. The second-order valence-electron chi connectivity index (χ2n) is 7.90. The van der Waals surface area contributed by atoms with Crippen LogP contribution in [0, 0.1) is 5.92 Å². The molecule has 1 aromatic rings. The molecule has 2 saturated heterocycles. The Labute approximate surface area is 164 Å². The van der Waals surface area contributed by atoms with Crippen molar-refractivity contribution in [3.63, 3.8) is 0 Å². The number of rotatable bonds is 4. The number of nitrogens with zero attached hydrogens (tertiary/aromatic N) is 1. The van der Waals surface area contributed by atoms with Crippen molar-refractivity contribution in [2.24, 2.45) is 5.92 Å². The highest BCUT2D eigenvalue weighted by atomic mass is 32.2. The monoisotopic (exact) mass is 390 g/mol. The Bertz CT molecular complexity index is 768. The molecule has 0 aliphatic carbocycles. The van der Waals surface area contributed by atoms with Gasteiger partial charge in [-0.3, -0.25) is 9.59 Å². The zero-order valence-electron chi connectivity index (χ0n) is 16.0. The van der Waals surface area contributed by atoms with E-state index in [9.17, 15) is 9.59 Å². The Kier molecular flexibility index (Phi) is 4.74. The van der Waals surface area contributed by atoms with Crippen LogP contribution in [0.5, 0.6) is 11.5 Å². The van der Waals surface area contributed by atoms with E-state index in [1.165, 1.54) is 0 Å². The van der Waals surface area contributed by atoms with Gasteiger partial charge in [0.2, 0.25) is 11.8 Å². The zero-order valence-corrected chi connectivity index (χ0v) is 16.8. The molecule has 6 nitrogen and oxygen atoms in total. The molecule has 0 radical (unpaired) electrons. The van der Waals surface area contributed by atoms with Gasteiger partial charge in [0.15, 0.2) is 11.5 Å². The molecule has 0 bridgehead atoms. The normalized spacial score (nSPS) is 27.6. The molecule has 0 saturated carbocycles. The van der Waals surface area contributed by atoms with Crippen LogP contribution in [0.2, 0.25) is 0 Å². The van der Waals surface area contributed by atoms with Crippen molar-refractivity contribution >= 4 is 23.6 Å². The number of fused-ring (bicyclic) bond motifs is 2. The first-order valence-electron chi connectivity index (χ1n) is 9.55. The van der Waals surface area contributed by atoms with Gasteiger partial charge in [0.25, 0.3) is 0 Å². The van der Waals surface area contributed by atoms with Crippen molar-refractivity contribution in [1.29, 1.82) is 0 Å². The first-order valence-corrected chi connectivity index (χ1v) is 10.5. The summed E-state index contributed by atoms with van der Waals surface area (Å²) in [6.45, 7) is 7.31. The quantitative estimate of drug-likeness (QED) is 0.856. The minimum Gasteiger partial charge on any atom is -0.486 e. The van der Waals surface area contributed by atoms with E-state index in [1.807, 2.05) is 18.2 Å². The van der Waals surface area contributed by atoms with Gasteiger partial charge in [-0.15, -0.1) is 11.8 Å². The predicted octanol–water partition coefficient (Wildman–Crippen LogP) is 2.73. The molecule has 3 aliphatic rings. The number of carbonyl (C=O) groups is 2. The summed E-state index contributed by atoms with van der Waals surface area (Å²) in [7, 11) is 0. The number of benzene rings is 1. The highest BCUT2D eigenvalue weighted by Gasteiger charge is 2.53. The molecule has 1 aromatic carbocycles. The Morgan fingerprint density at radius 2 is 2.04 bits per heavy atom. The van der Waals surface area contributed by atoms with Crippen molar-refractivity contribution in [2.45, 2.75) is 50.6 Å². The molecular weight excluding hydrogens is 364 g/mol. The Balaban J connectivity index is 1.54. The lowest BCUT2D eigenvalue weighted by atomic mass is 9.95. The Morgan fingerprint density at radius 3 is 2.78 bits per heavy atom. The lowest BCUT2D eigenvalue weighted by molar-refractivity contribution is -0.138. The van der Waals surface area contributed by atoms with Crippen LogP contribution < -0.4 is 14.8 Å². The first-order chi connectivity index (χ1) is 12.9. The van der Waals surface area contributed by atoms with Gasteiger partial charge in [0.05, 0.1) is 10.9 Å². The van der Waals surface area contributed by atoms with Gasteiger partial charge in [-0.25, -0.2) is 0 Å². The van der Waals surface area contributed by atoms with E-state index in [0.717, 1.165) is 23.5 Å². The number of carbonyl (C=O) groups excluding carboxylic acids is 2. The SMILES string of the molecule is CC(C)[C@H](NC(=O)[C@H]1CS[C@@]2(C)CCC(=O)N12)c1ccc2c(c1)OCCO2. The number of hydrogen-bond donors (Lipinski definition) is 1. The second kappa shape index (κ2) is 6.93. The molecule has 3 heterocycles. The summed E-state index contributed by atoms with van der Waals surface area (Å²) in [5, 5.41) is 3.19. The van der Waals surface area contributed by atoms with Gasteiger partial charge < -0.3 is 19.7 Å². The third-order valence-electron chi connectivity index (χ3n) is 5.64. The average molecular weight is 391 g/mol. The molecule has 7 heteroatoms. The van der Waals surface area contributed by atoms with Crippen molar-refractivity contribution in [1.82, 2.24) is 10.2 Å². The van der Waals surface area contributed by atoms with Crippen LogP contribution in [0.25, 0.3) is 0 Å². The van der Waals surface area contributed by atoms with E-state index in [1.54, 1.807) is 16.7 Å². The molecule has 0 spiro atoms. The maximum Gasteiger partial charge on any atom is 0.244 e. The summed E-state index contributed by atoms with van der Waals surface area (Å²) in [6.07, 6.45) is 1.35. The molecule has 2 amide bonds. The largest absolute Gasteiger partial charge is 0.486 e. The summed E-state index contributed by atoms with van der Waals surface area (Å²) < 4.78 is 11.3. The third kappa shape index (κ3) is 3.26. The van der Waals surface area contributed by atoms with Crippen LogP contribution in [-0.2, 0) is 9.59 Å². The van der Waals surface area contributed by atoms with Crippen molar-refractivity contribution in [3.05, 3.63) is 23.8 Å². The van der Waals surface area contributed by atoms with Crippen LogP contribution in [-0.4, -0.2) is 46.6 Å². The van der Waals surface area contributed by atoms with E-state index in [4.69, 9.17) is 9.47 Å². The number of nitrogens with one attached hydrogen (secondary N) is 1. The lowest BCUT2D eigenvalue weighted by Crippen LogP contribution is -2.51. The molecule has 3 aliphatic heterocycles. The van der Waals surface area contributed by atoms with Crippen molar-refractivity contribution in [2.75, 3.05) is 19.0 Å². The van der Waals surface area contributed by atoms with Gasteiger partial charge in [0.1, 0.15) is 19.3 Å². The van der Waals surface area contributed by atoms with E-state index < -0.39 is 6.04 Å². The Morgan fingerprint density at radius 1 is 1.30 bits per heavy atom. The van der Waals surface area contributed by atoms with Crippen LogP contribution in [0.15, 0.2) is 18.2 Å². The maximum absolute atomic E-state index is 13.1. The van der Waals surface area contributed by atoms with E-state index in [0.29, 0.717) is 25.4 Å². The second-order valence-corrected chi connectivity index (χ2v) is 9.40. The fourth-order valence-corrected chi connectivity index (χ4v) is 5.58. The highest BCUT2D eigenvalue weighted by molar-refractivity contribution is 8.01. The van der Waals surface area contributed by atoms with Crippen molar-refractivity contribution in [3.8, 4) is 11.5 Å². The molecule has 4 rings (SSSR count). The molecular formula is C20H26N2O4S. The van der Waals surface area contributed by atoms with Crippen LogP contribution >= 0.6 is 11.8 Å².